The molecule has 1 fully saturated rings. The summed E-state index contributed by atoms with van der Waals surface area (Å²) in [6, 6.07) is 13.0. The van der Waals surface area contributed by atoms with Gasteiger partial charge in [0.05, 0.1) is 12.6 Å². The van der Waals surface area contributed by atoms with E-state index >= 15 is 0 Å². The van der Waals surface area contributed by atoms with Gasteiger partial charge in [-0.15, -0.1) is 0 Å². The molecule has 9 heteroatoms. The zero-order valence-corrected chi connectivity index (χ0v) is 24.2. The lowest BCUT2D eigenvalue weighted by Gasteiger charge is -2.38. The van der Waals surface area contributed by atoms with Gasteiger partial charge in [0.1, 0.15) is 5.75 Å². The molecule has 4 aliphatic heterocycles. The maximum absolute atomic E-state index is 13.2. The van der Waals surface area contributed by atoms with Gasteiger partial charge in [0.2, 0.25) is 12.3 Å². The second-order valence-corrected chi connectivity index (χ2v) is 11.2. The summed E-state index contributed by atoms with van der Waals surface area (Å²) in [4.78, 5) is 39.7. The van der Waals surface area contributed by atoms with E-state index in [-0.39, 0.29) is 35.7 Å². The van der Waals surface area contributed by atoms with Crippen LogP contribution in [0, 0.1) is 0 Å². The molecule has 218 valence electrons. The predicted octanol–water partition coefficient (Wildman–Crippen LogP) is 3.70. The highest BCUT2D eigenvalue weighted by Gasteiger charge is 2.45. The first kappa shape index (κ1) is 28.8. The molecule has 2 aromatic rings. The largest absolute Gasteiger partial charge is 0.492 e. The van der Waals surface area contributed by atoms with E-state index in [1.54, 1.807) is 0 Å². The normalized spacial score (nSPS) is 20.9. The molecule has 4 heterocycles. The van der Waals surface area contributed by atoms with Crippen LogP contribution in [0.15, 0.2) is 48.7 Å². The van der Waals surface area contributed by atoms with Gasteiger partial charge in [-0.1, -0.05) is 38.1 Å². The molecule has 9 nitrogen and oxygen atoms in total. The summed E-state index contributed by atoms with van der Waals surface area (Å²) < 4.78 is 6.20. The SMILES string of the molecule is CC.CC(CCC(=O)NC=O)N1Cc2cc3c(cc2C1=O)OCC31CCN(Cc2cccc(C3C=CNN3)c2)CC1. The first-order chi connectivity index (χ1) is 20.0. The van der Waals surface area contributed by atoms with Crippen molar-refractivity contribution in [3.63, 3.8) is 0 Å². The summed E-state index contributed by atoms with van der Waals surface area (Å²) in [6.07, 6.45) is 7.21. The van der Waals surface area contributed by atoms with Gasteiger partial charge in [-0.3, -0.25) is 24.6 Å². The number of nitrogens with zero attached hydrogens (tertiary/aromatic N) is 2. The first-order valence-electron chi connectivity index (χ1n) is 14.8. The van der Waals surface area contributed by atoms with Crippen molar-refractivity contribution < 1.29 is 19.1 Å². The molecular weight excluding hydrogens is 518 g/mol. The van der Waals surface area contributed by atoms with Crippen LogP contribution in [0.2, 0.25) is 0 Å². The molecule has 3 amide bonds. The average Bonchev–Trinajstić information content (AvgIpc) is 3.73. The number of likely N-dealkylation sites (tertiary alicyclic amines) is 1. The van der Waals surface area contributed by atoms with Crippen LogP contribution in [0.25, 0.3) is 0 Å². The van der Waals surface area contributed by atoms with Crippen LogP contribution in [-0.2, 0) is 28.1 Å². The van der Waals surface area contributed by atoms with E-state index in [9.17, 15) is 14.4 Å². The van der Waals surface area contributed by atoms with Crippen LogP contribution in [-0.4, -0.2) is 53.8 Å². The van der Waals surface area contributed by atoms with Crippen LogP contribution in [0.1, 0.15) is 85.1 Å². The van der Waals surface area contributed by atoms with Gasteiger partial charge in [0, 0.05) is 48.3 Å². The van der Waals surface area contributed by atoms with Crippen molar-refractivity contribution in [2.45, 2.75) is 77.0 Å². The van der Waals surface area contributed by atoms with Crippen molar-refractivity contribution >= 4 is 18.2 Å². The smallest absolute Gasteiger partial charge is 0.254 e. The molecule has 1 spiro atoms. The maximum Gasteiger partial charge on any atom is 0.254 e. The number of amides is 3. The van der Waals surface area contributed by atoms with Crippen LogP contribution < -0.4 is 20.9 Å². The van der Waals surface area contributed by atoms with Gasteiger partial charge in [0.15, 0.2) is 0 Å². The molecule has 2 aromatic carbocycles. The third-order valence-corrected chi connectivity index (χ3v) is 8.79. The lowest BCUT2D eigenvalue weighted by molar-refractivity contribution is -0.125. The summed E-state index contributed by atoms with van der Waals surface area (Å²) in [5.41, 5.74) is 11.8. The first-order valence-corrected chi connectivity index (χ1v) is 14.8. The average molecular weight is 560 g/mol. The zero-order chi connectivity index (χ0) is 29.0. The number of benzene rings is 2. The number of hydrogen-bond donors (Lipinski definition) is 3. The van der Waals surface area contributed by atoms with Gasteiger partial charge < -0.3 is 15.1 Å². The predicted molar refractivity (Wildman–Crippen MR) is 157 cm³/mol. The van der Waals surface area contributed by atoms with Crippen molar-refractivity contribution in [3.05, 3.63) is 76.5 Å². The Morgan fingerprint density at radius 3 is 2.76 bits per heavy atom. The fourth-order valence-electron chi connectivity index (χ4n) is 6.40. The molecule has 0 aromatic heterocycles. The quantitative estimate of drug-likeness (QED) is 0.424. The van der Waals surface area contributed by atoms with Crippen LogP contribution in [0.5, 0.6) is 5.75 Å². The highest BCUT2D eigenvalue weighted by atomic mass is 16.5. The minimum atomic E-state index is -0.324. The van der Waals surface area contributed by atoms with Crippen molar-refractivity contribution in [1.82, 2.24) is 26.0 Å². The van der Waals surface area contributed by atoms with Gasteiger partial charge in [-0.25, -0.2) is 5.43 Å². The number of rotatable bonds is 8. The Morgan fingerprint density at radius 2 is 2.02 bits per heavy atom. The van der Waals surface area contributed by atoms with Crippen molar-refractivity contribution in [2.75, 3.05) is 19.7 Å². The fraction of sp³-hybridized carbons (Fsp3) is 0.469. The molecular formula is C32H41N5O4. The Kier molecular flexibility index (Phi) is 8.75. The number of ether oxygens (including phenoxy) is 1. The number of fused-ring (bicyclic) bond motifs is 3. The molecule has 6 rings (SSSR count). The Bertz CT molecular complexity index is 1320. The van der Waals surface area contributed by atoms with Gasteiger partial charge in [-0.2, -0.15) is 0 Å². The van der Waals surface area contributed by atoms with E-state index in [4.69, 9.17) is 4.74 Å². The molecule has 41 heavy (non-hydrogen) atoms. The summed E-state index contributed by atoms with van der Waals surface area (Å²) in [7, 11) is 0. The number of nitrogens with one attached hydrogen (secondary N) is 3. The van der Waals surface area contributed by atoms with Gasteiger partial charge in [-0.05, 0) is 74.2 Å². The maximum atomic E-state index is 13.2. The third-order valence-electron chi connectivity index (χ3n) is 8.79. The standard InChI is InChI=1S/C30H35N5O4.C2H6/c1-20(5-6-28(37)31-19-36)35-17-23-14-25-27(15-24(23)29(35)38)39-18-30(25)8-11-34(12-9-30)16-21-3-2-4-22(13-21)26-7-10-32-33-26;1-2/h2-4,7,10,13-15,19-20,26,32-33H,5-6,8-9,11-12,16-18H2,1H3,(H,31,36,37);1-2H3. The molecule has 4 aliphatic rings. The molecule has 1 saturated heterocycles. The van der Waals surface area contributed by atoms with E-state index in [0.29, 0.717) is 31.5 Å². The second kappa shape index (κ2) is 12.4. The van der Waals surface area contributed by atoms with E-state index in [0.717, 1.165) is 43.8 Å². The monoisotopic (exact) mass is 559 g/mol. The fourth-order valence-corrected chi connectivity index (χ4v) is 6.40. The molecule has 2 atom stereocenters. The molecule has 2 unspecified atom stereocenters. The highest BCUT2D eigenvalue weighted by molar-refractivity contribution is 5.99. The van der Waals surface area contributed by atoms with Crippen molar-refractivity contribution in [3.8, 4) is 5.75 Å². The van der Waals surface area contributed by atoms with Gasteiger partial charge in [0.25, 0.3) is 5.91 Å². The van der Waals surface area contributed by atoms with Crippen LogP contribution >= 0.6 is 0 Å². The lowest BCUT2D eigenvalue weighted by Crippen LogP contribution is -2.43. The van der Waals surface area contributed by atoms with E-state index < -0.39 is 0 Å². The molecule has 0 radical (unpaired) electrons. The van der Waals surface area contributed by atoms with Crippen molar-refractivity contribution in [2.24, 2.45) is 0 Å². The number of piperidine rings is 1. The number of carbonyl (C=O) groups excluding carboxylic acids is 3. The summed E-state index contributed by atoms with van der Waals surface area (Å²) in [6.45, 7) is 10.1. The Labute approximate surface area is 242 Å². The highest BCUT2D eigenvalue weighted by Crippen LogP contribution is 2.48. The summed E-state index contributed by atoms with van der Waals surface area (Å²) >= 11 is 0. The van der Waals surface area contributed by atoms with E-state index in [2.05, 4.69) is 57.5 Å². The topological polar surface area (TPSA) is 103 Å². The Hall–Kier alpha value is -3.69. The van der Waals surface area contributed by atoms with Crippen molar-refractivity contribution in [1.29, 1.82) is 0 Å². The molecule has 0 bridgehead atoms. The number of imide groups is 1. The molecule has 0 aliphatic carbocycles. The molecule has 3 N–H and O–H groups in total. The van der Waals surface area contributed by atoms with Gasteiger partial charge >= 0.3 is 0 Å². The van der Waals surface area contributed by atoms with Crippen LogP contribution in [0.4, 0.5) is 0 Å². The summed E-state index contributed by atoms with van der Waals surface area (Å²) in [5, 5.41) is 2.16. The molecule has 0 saturated carbocycles. The Balaban J connectivity index is 0.00000165. The minimum Gasteiger partial charge on any atom is -0.492 e. The minimum absolute atomic E-state index is 0.0120. The number of hydrogen-bond acceptors (Lipinski definition) is 7. The number of carbonyl (C=O) groups is 3. The summed E-state index contributed by atoms with van der Waals surface area (Å²) in [5.74, 6) is 0.500. The second-order valence-electron chi connectivity index (χ2n) is 11.2. The zero-order valence-electron chi connectivity index (χ0n) is 24.2. The Morgan fingerprint density at radius 1 is 1.22 bits per heavy atom. The lowest BCUT2D eigenvalue weighted by atomic mass is 9.74. The van der Waals surface area contributed by atoms with E-state index in [1.165, 1.54) is 16.7 Å². The van der Waals surface area contributed by atoms with E-state index in [1.807, 2.05) is 37.9 Å². The van der Waals surface area contributed by atoms with Crippen LogP contribution in [0.3, 0.4) is 0 Å². The number of hydrazine groups is 1. The third kappa shape index (κ3) is 5.87.